The lowest BCUT2D eigenvalue weighted by Gasteiger charge is -2.09. The lowest BCUT2D eigenvalue weighted by atomic mass is 10.1. The standard InChI is InChI=1S/C20H16F3N3O2S/c1-11-25-16(10-29-11)13-4-2-12(3-5-13)8-17(27)24-9-18(28)26-15-7-6-14(21)19(22)20(15)23/h2-7,10H,8-9H2,1H3,(H,24,27)(H,26,28). The molecule has 0 fully saturated rings. The summed E-state index contributed by atoms with van der Waals surface area (Å²) in [5, 5.41) is 7.39. The van der Waals surface area contributed by atoms with Gasteiger partial charge in [-0.05, 0) is 24.6 Å². The van der Waals surface area contributed by atoms with Gasteiger partial charge in [0, 0.05) is 10.9 Å². The SMILES string of the molecule is Cc1nc(-c2ccc(CC(=O)NCC(=O)Nc3ccc(F)c(F)c3F)cc2)cs1. The van der Waals surface area contributed by atoms with Crippen LogP contribution in [0.25, 0.3) is 11.3 Å². The molecule has 1 heterocycles. The molecule has 29 heavy (non-hydrogen) atoms. The molecule has 2 amide bonds. The Morgan fingerprint density at radius 1 is 1.00 bits per heavy atom. The minimum atomic E-state index is -1.68. The molecule has 0 aliphatic carbocycles. The first-order chi connectivity index (χ1) is 13.8. The number of nitrogens with one attached hydrogen (secondary N) is 2. The summed E-state index contributed by atoms with van der Waals surface area (Å²) >= 11 is 1.55. The molecule has 2 aromatic carbocycles. The molecule has 0 saturated heterocycles. The number of halogens is 3. The van der Waals surface area contributed by atoms with E-state index in [0.717, 1.165) is 27.9 Å². The number of benzene rings is 2. The van der Waals surface area contributed by atoms with Crippen LogP contribution in [0, 0.1) is 24.4 Å². The van der Waals surface area contributed by atoms with E-state index in [1.165, 1.54) is 0 Å². The van der Waals surface area contributed by atoms with Gasteiger partial charge in [-0.2, -0.15) is 0 Å². The number of thiazole rings is 1. The van der Waals surface area contributed by atoms with Gasteiger partial charge in [-0.1, -0.05) is 24.3 Å². The molecule has 9 heteroatoms. The first-order valence-electron chi connectivity index (χ1n) is 8.55. The molecule has 2 N–H and O–H groups in total. The van der Waals surface area contributed by atoms with Gasteiger partial charge in [0.05, 0.1) is 29.4 Å². The summed E-state index contributed by atoms with van der Waals surface area (Å²) in [6.07, 6.45) is 0.0448. The molecular formula is C20H16F3N3O2S. The van der Waals surface area contributed by atoms with Gasteiger partial charge >= 0.3 is 0 Å². The Balaban J connectivity index is 1.51. The Labute approximate surface area is 168 Å². The average molecular weight is 419 g/mol. The molecule has 0 saturated carbocycles. The molecule has 1 aromatic heterocycles. The van der Waals surface area contributed by atoms with E-state index in [9.17, 15) is 22.8 Å². The fourth-order valence-corrected chi connectivity index (χ4v) is 3.15. The first kappa shape index (κ1) is 20.5. The van der Waals surface area contributed by atoms with Crippen LogP contribution < -0.4 is 10.6 Å². The molecule has 150 valence electrons. The van der Waals surface area contributed by atoms with Crippen molar-refractivity contribution >= 4 is 28.8 Å². The zero-order valence-electron chi connectivity index (χ0n) is 15.3. The fourth-order valence-electron chi connectivity index (χ4n) is 2.53. The number of hydrogen-bond donors (Lipinski definition) is 2. The van der Waals surface area contributed by atoms with Crippen LogP contribution in [0.5, 0.6) is 0 Å². The summed E-state index contributed by atoms with van der Waals surface area (Å²) in [7, 11) is 0. The lowest BCUT2D eigenvalue weighted by Crippen LogP contribution is -2.34. The van der Waals surface area contributed by atoms with Crippen LogP contribution in [0.15, 0.2) is 41.8 Å². The highest BCUT2D eigenvalue weighted by Crippen LogP contribution is 2.22. The normalized spacial score (nSPS) is 10.6. The molecule has 0 aliphatic heterocycles. The van der Waals surface area contributed by atoms with E-state index in [4.69, 9.17) is 0 Å². The summed E-state index contributed by atoms with van der Waals surface area (Å²) in [6.45, 7) is 1.48. The van der Waals surface area contributed by atoms with Crippen LogP contribution in [-0.2, 0) is 16.0 Å². The van der Waals surface area contributed by atoms with Gasteiger partial charge in [0.15, 0.2) is 17.5 Å². The van der Waals surface area contributed by atoms with E-state index in [0.29, 0.717) is 6.07 Å². The van der Waals surface area contributed by atoms with Crippen molar-refractivity contribution < 1.29 is 22.8 Å². The second kappa shape index (κ2) is 8.87. The highest BCUT2D eigenvalue weighted by molar-refractivity contribution is 7.09. The number of amides is 2. The summed E-state index contributed by atoms with van der Waals surface area (Å²) in [5.41, 5.74) is 2.04. The van der Waals surface area contributed by atoms with Crippen molar-refractivity contribution in [1.29, 1.82) is 0 Å². The predicted molar refractivity (Wildman–Crippen MR) is 104 cm³/mol. The van der Waals surface area contributed by atoms with Crippen molar-refractivity contribution in [3.8, 4) is 11.3 Å². The lowest BCUT2D eigenvalue weighted by molar-refractivity contribution is -0.123. The van der Waals surface area contributed by atoms with Crippen LogP contribution in [0.2, 0.25) is 0 Å². The van der Waals surface area contributed by atoms with E-state index >= 15 is 0 Å². The number of nitrogens with zero attached hydrogens (tertiary/aromatic N) is 1. The van der Waals surface area contributed by atoms with Gasteiger partial charge in [-0.3, -0.25) is 9.59 Å². The Kier molecular flexibility index (Phi) is 6.28. The molecule has 0 radical (unpaired) electrons. The summed E-state index contributed by atoms with van der Waals surface area (Å²) in [5.74, 6) is -5.71. The number of anilines is 1. The zero-order chi connectivity index (χ0) is 21.0. The van der Waals surface area contributed by atoms with Gasteiger partial charge in [0.25, 0.3) is 0 Å². The van der Waals surface area contributed by atoms with Gasteiger partial charge in [-0.15, -0.1) is 11.3 Å². The third kappa shape index (κ3) is 5.20. The van der Waals surface area contributed by atoms with Gasteiger partial charge in [0.2, 0.25) is 11.8 Å². The summed E-state index contributed by atoms with van der Waals surface area (Å²) in [6, 6.07) is 8.90. The molecule has 5 nitrogen and oxygen atoms in total. The molecule has 0 aliphatic rings. The van der Waals surface area contributed by atoms with Crippen LogP contribution >= 0.6 is 11.3 Å². The van der Waals surface area contributed by atoms with Crippen molar-refractivity contribution in [2.75, 3.05) is 11.9 Å². The van der Waals surface area contributed by atoms with Crippen molar-refractivity contribution in [3.63, 3.8) is 0 Å². The number of aromatic nitrogens is 1. The molecular weight excluding hydrogens is 403 g/mol. The maximum Gasteiger partial charge on any atom is 0.243 e. The average Bonchev–Trinajstić information content (AvgIpc) is 3.14. The molecule has 3 rings (SSSR count). The second-order valence-corrected chi connectivity index (χ2v) is 7.24. The molecule has 0 unspecified atom stereocenters. The van der Waals surface area contributed by atoms with E-state index in [2.05, 4.69) is 15.6 Å². The largest absolute Gasteiger partial charge is 0.347 e. The summed E-state index contributed by atoms with van der Waals surface area (Å²) in [4.78, 5) is 28.2. The maximum absolute atomic E-state index is 13.5. The van der Waals surface area contributed by atoms with Gasteiger partial charge in [-0.25, -0.2) is 18.2 Å². The quantitative estimate of drug-likeness (QED) is 0.597. The minimum Gasteiger partial charge on any atom is -0.347 e. The van der Waals surface area contributed by atoms with Crippen molar-refractivity contribution in [2.45, 2.75) is 13.3 Å². The highest BCUT2D eigenvalue weighted by Gasteiger charge is 2.15. The van der Waals surface area contributed by atoms with E-state index in [1.54, 1.807) is 23.5 Å². The number of carbonyl (C=O) groups is 2. The minimum absolute atomic E-state index is 0.0448. The van der Waals surface area contributed by atoms with Gasteiger partial charge < -0.3 is 10.6 Å². The fraction of sp³-hybridized carbons (Fsp3) is 0.150. The Morgan fingerprint density at radius 3 is 2.38 bits per heavy atom. The predicted octanol–water partition coefficient (Wildman–Crippen LogP) is 3.83. The van der Waals surface area contributed by atoms with E-state index in [1.807, 2.05) is 24.4 Å². The van der Waals surface area contributed by atoms with Crippen LogP contribution in [0.4, 0.5) is 18.9 Å². The second-order valence-electron chi connectivity index (χ2n) is 6.17. The third-order valence-electron chi connectivity index (χ3n) is 3.99. The van der Waals surface area contributed by atoms with E-state index in [-0.39, 0.29) is 6.42 Å². The van der Waals surface area contributed by atoms with Crippen molar-refractivity contribution in [1.82, 2.24) is 10.3 Å². The topological polar surface area (TPSA) is 71.1 Å². The maximum atomic E-state index is 13.5. The number of carbonyl (C=O) groups excluding carboxylic acids is 2. The Hall–Kier alpha value is -3.20. The van der Waals surface area contributed by atoms with Gasteiger partial charge in [0.1, 0.15) is 0 Å². The number of aryl methyl sites for hydroxylation is 1. The van der Waals surface area contributed by atoms with Crippen LogP contribution in [0.3, 0.4) is 0 Å². The van der Waals surface area contributed by atoms with Crippen molar-refractivity contribution in [3.05, 3.63) is 69.8 Å². The smallest absolute Gasteiger partial charge is 0.243 e. The third-order valence-corrected chi connectivity index (χ3v) is 4.76. The monoisotopic (exact) mass is 419 g/mol. The molecule has 0 spiro atoms. The first-order valence-corrected chi connectivity index (χ1v) is 9.43. The van der Waals surface area contributed by atoms with Crippen LogP contribution in [-0.4, -0.2) is 23.3 Å². The Bertz CT molecular complexity index is 1050. The Morgan fingerprint density at radius 2 is 1.72 bits per heavy atom. The molecule has 0 atom stereocenters. The summed E-state index contributed by atoms with van der Waals surface area (Å²) < 4.78 is 39.6. The number of hydrogen-bond acceptors (Lipinski definition) is 4. The molecule has 3 aromatic rings. The zero-order valence-corrected chi connectivity index (χ0v) is 16.1. The number of rotatable bonds is 6. The van der Waals surface area contributed by atoms with E-state index < -0.39 is 41.5 Å². The molecule has 0 bridgehead atoms. The van der Waals surface area contributed by atoms with Crippen LogP contribution in [0.1, 0.15) is 10.6 Å². The van der Waals surface area contributed by atoms with Crippen molar-refractivity contribution in [2.24, 2.45) is 0 Å². The highest BCUT2D eigenvalue weighted by atomic mass is 32.1.